The van der Waals surface area contributed by atoms with Crippen LogP contribution in [0.3, 0.4) is 0 Å². The first-order chi connectivity index (χ1) is 6.24. The Morgan fingerprint density at radius 3 is 2.85 bits per heavy atom. The lowest BCUT2D eigenvalue weighted by Gasteiger charge is -2.04. The Kier molecular flexibility index (Phi) is 3.89. The zero-order valence-electron chi connectivity index (χ0n) is 6.86. The molecule has 0 aromatic carbocycles. The van der Waals surface area contributed by atoms with Gasteiger partial charge < -0.3 is 5.32 Å². The van der Waals surface area contributed by atoms with Crippen molar-refractivity contribution in [1.29, 1.82) is 0 Å². The summed E-state index contributed by atoms with van der Waals surface area (Å²) in [6.07, 6.45) is 1.67. The maximum absolute atomic E-state index is 12.9. The van der Waals surface area contributed by atoms with Crippen LogP contribution in [0.4, 0.5) is 14.6 Å². The summed E-state index contributed by atoms with van der Waals surface area (Å²) < 4.78 is 25.3. The Morgan fingerprint density at radius 1 is 1.46 bits per heavy atom. The first kappa shape index (κ1) is 10.2. The third kappa shape index (κ3) is 3.14. The average Bonchev–Trinajstić information content (AvgIpc) is 2.09. The molecular weight excluding hydrogens is 198 g/mol. The number of rotatable bonds is 4. The largest absolute Gasteiger partial charge is 0.368 e. The molecule has 0 unspecified atom stereocenters. The van der Waals surface area contributed by atoms with Crippen LogP contribution in [0.25, 0.3) is 0 Å². The molecule has 0 fully saturated rings. The maximum atomic E-state index is 12.9. The van der Waals surface area contributed by atoms with Crippen molar-refractivity contribution in [1.82, 2.24) is 4.98 Å². The second kappa shape index (κ2) is 4.97. The van der Waals surface area contributed by atoms with Crippen molar-refractivity contribution in [3.05, 3.63) is 23.9 Å². The van der Waals surface area contributed by atoms with Crippen LogP contribution in [0.15, 0.2) is 12.3 Å². The third-order valence-electron chi connectivity index (χ3n) is 1.41. The van der Waals surface area contributed by atoms with E-state index in [1.54, 1.807) is 0 Å². The predicted octanol–water partition coefficient (Wildman–Crippen LogP) is 2.40. The Labute approximate surface area is 79.9 Å². The van der Waals surface area contributed by atoms with Gasteiger partial charge >= 0.3 is 0 Å². The number of aromatic nitrogens is 1. The smallest absolute Gasteiger partial charge is 0.168 e. The molecule has 72 valence electrons. The van der Waals surface area contributed by atoms with Gasteiger partial charge in [-0.1, -0.05) is 0 Å². The van der Waals surface area contributed by atoms with Gasteiger partial charge in [0.2, 0.25) is 0 Å². The fourth-order valence-electron chi connectivity index (χ4n) is 0.818. The molecule has 1 aromatic heterocycles. The van der Waals surface area contributed by atoms with E-state index in [1.165, 1.54) is 0 Å². The molecule has 0 aliphatic carbocycles. The average molecular weight is 207 g/mol. The Morgan fingerprint density at radius 2 is 2.23 bits per heavy atom. The topological polar surface area (TPSA) is 24.9 Å². The zero-order chi connectivity index (χ0) is 9.68. The summed E-state index contributed by atoms with van der Waals surface area (Å²) in [6, 6.07) is 0.788. The SMILES string of the molecule is Fc1cnc(NCCCCl)c(F)c1. The summed E-state index contributed by atoms with van der Waals surface area (Å²) in [5.41, 5.74) is 0. The van der Waals surface area contributed by atoms with Gasteiger partial charge in [-0.25, -0.2) is 13.8 Å². The van der Waals surface area contributed by atoms with E-state index in [-0.39, 0.29) is 5.82 Å². The second-order valence-corrected chi connectivity index (χ2v) is 2.83. The van der Waals surface area contributed by atoms with E-state index >= 15 is 0 Å². The highest BCUT2D eigenvalue weighted by molar-refractivity contribution is 6.17. The number of halogens is 3. The minimum absolute atomic E-state index is 0.0616. The molecular formula is C8H9ClF2N2. The molecule has 0 aliphatic heterocycles. The summed E-state index contributed by atoms with van der Waals surface area (Å²) in [5.74, 6) is -0.808. The zero-order valence-corrected chi connectivity index (χ0v) is 7.61. The van der Waals surface area contributed by atoms with E-state index in [1.807, 2.05) is 0 Å². The van der Waals surface area contributed by atoms with Gasteiger partial charge in [-0.15, -0.1) is 11.6 Å². The molecule has 1 rings (SSSR count). The monoisotopic (exact) mass is 206 g/mol. The van der Waals surface area contributed by atoms with Crippen LogP contribution in [0, 0.1) is 11.6 Å². The highest BCUT2D eigenvalue weighted by atomic mass is 35.5. The third-order valence-corrected chi connectivity index (χ3v) is 1.68. The molecule has 0 saturated carbocycles. The molecule has 13 heavy (non-hydrogen) atoms. The van der Waals surface area contributed by atoms with Crippen LogP contribution in [0.5, 0.6) is 0 Å². The lowest BCUT2D eigenvalue weighted by Crippen LogP contribution is -2.06. The maximum Gasteiger partial charge on any atom is 0.168 e. The van der Waals surface area contributed by atoms with Crippen LogP contribution in [0.1, 0.15) is 6.42 Å². The second-order valence-electron chi connectivity index (χ2n) is 2.45. The number of nitrogens with one attached hydrogen (secondary N) is 1. The first-order valence-electron chi connectivity index (χ1n) is 3.85. The quantitative estimate of drug-likeness (QED) is 0.605. The molecule has 0 aliphatic rings. The predicted molar refractivity (Wildman–Crippen MR) is 48.0 cm³/mol. The minimum Gasteiger partial charge on any atom is -0.368 e. The van der Waals surface area contributed by atoms with Crippen molar-refractivity contribution in [3.8, 4) is 0 Å². The van der Waals surface area contributed by atoms with Gasteiger partial charge in [-0.3, -0.25) is 0 Å². The standard InChI is InChI=1S/C8H9ClF2N2/c9-2-1-3-12-8-7(11)4-6(10)5-13-8/h4-5H,1-3H2,(H,12,13). The van der Waals surface area contributed by atoms with E-state index in [2.05, 4.69) is 10.3 Å². The van der Waals surface area contributed by atoms with Gasteiger partial charge in [-0.2, -0.15) is 0 Å². The molecule has 0 atom stereocenters. The normalized spacial score (nSPS) is 10.1. The van der Waals surface area contributed by atoms with E-state index in [9.17, 15) is 8.78 Å². The Hall–Kier alpha value is -0.900. The molecule has 2 nitrogen and oxygen atoms in total. The summed E-state index contributed by atoms with van der Waals surface area (Å²) in [6.45, 7) is 0.527. The van der Waals surface area contributed by atoms with Crippen LogP contribution in [0.2, 0.25) is 0 Å². The van der Waals surface area contributed by atoms with Crippen molar-refractivity contribution in [2.45, 2.75) is 6.42 Å². The summed E-state index contributed by atoms with van der Waals surface area (Å²) in [5, 5.41) is 2.70. The van der Waals surface area contributed by atoms with Gasteiger partial charge in [0.25, 0.3) is 0 Å². The molecule has 0 radical (unpaired) electrons. The van der Waals surface area contributed by atoms with E-state index in [0.717, 1.165) is 12.3 Å². The van der Waals surface area contributed by atoms with Gasteiger partial charge in [0, 0.05) is 18.5 Å². The fraction of sp³-hybridized carbons (Fsp3) is 0.375. The lowest BCUT2D eigenvalue weighted by atomic mass is 10.4. The van der Waals surface area contributed by atoms with Crippen molar-refractivity contribution in [3.63, 3.8) is 0 Å². The van der Waals surface area contributed by atoms with E-state index < -0.39 is 11.6 Å². The van der Waals surface area contributed by atoms with E-state index in [4.69, 9.17) is 11.6 Å². The number of nitrogens with zero attached hydrogens (tertiary/aromatic N) is 1. The number of pyridine rings is 1. The molecule has 0 saturated heterocycles. The number of hydrogen-bond donors (Lipinski definition) is 1. The van der Waals surface area contributed by atoms with Crippen molar-refractivity contribution in [2.75, 3.05) is 17.7 Å². The molecule has 1 N–H and O–H groups in total. The van der Waals surface area contributed by atoms with Crippen molar-refractivity contribution < 1.29 is 8.78 Å². The van der Waals surface area contributed by atoms with Gasteiger partial charge in [0.1, 0.15) is 5.82 Å². The molecule has 0 amide bonds. The Balaban J connectivity index is 2.56. The van der Waals surface area contributed by atoms with Crippen molar-refractivity contribution >= 4 is 17.4 Å². The van der Waals surface area contributed by atoms with E-state index in [0.29, 0.717) is 18.8 Å². The highest BCUT2D eigenvalue weighted by Gasteiger charge is 2.03. The van der Waals surface area contributed by atoms with Gasteiger partial charge in [0.05, 0.1) is 6.20 Å². The Bertz CT molecular complexity index is 281. The minimum atomic E-state index is -0.686. The number of hydrogen-bond acceptors (Lipinski definition) is 2. The summed E-state index contributed by atoms with van der Waals surface area (Å²) in [7, 11) is 0. The van der Waals surface area contributed by atoms with Crippen LogP contribution in [-0.2, 0) is 0 Å². The molecule has 0 bridgehead atoms. The first-order valence-corrected chi connectivity index (χ1v) is 4.38. The van der Waals surface area contributed by atoms with Crippen LogP contribution in [-0.4, -0.2) is 17.4 Å². The molecule has 0 spiro atoms. The summed E-state index contributed by atoms with van der Waals surface area (Å²) >= 11 is 5.42. The van der Waals surface area contributed by atoms with Gasteiger partial charge in [0.15, 0.2) is 11.6 Å². The molecule has 5 heteroatoms. The lowest BCUT2D eigenvalue weighted by molar-refractivity contribution is 0.575. The van der Waals surface area contributed by atoms with Crippen molar-refractivity contribution in [2.24, 2.45) is 0 Å². The van der Waals surface area contributed by atoms with Gasteiger partial charge in [-0.05, 0) is 6.42 Å². The number of anilines is 1. The van der Waals surface area contributed by atoms with Crippen LogP contribution < -0.4 is 5.32 Å². The van der Waals surface area contributed by atoms with Crippen LogP contribution >= 0.6 is 11.6 Å². The summed E-state index contributed by atoms with van der Waals surface area (Å²) in [4.78, 5) is 3.55. The molecule has 1 heterocycles. The molecule has 1 aromatic rings. The number of alkyl halides is 1. The fourth-order valence-corrected chi connectivity index (χ4v) is 0.952. The highest BCUT2D eigenvalue weighted by Crippen LogP contribution is 2.10.